The number of nitrogens with one attached hydrogen (secondary N) is 1. The van der Waals surface area contributed by atoms with E-state index in [1.807, 2.05) is 12.1 Å². The Hall–Kier alpha value is -1.66. The summed E-state index contributed by atoms with van der Waals surface area (Å²) in [6, 6.07) is 6.34. The molecule has 0 aromatic heterocycles. The summed E-state index contributed by atoms with van der Waals surface area (Å²) < 4.78 is 11.1. The number of hydrogen-bond acceptors (Lipinski definition) is 3. The molecule has 1 rings (SSSR count). The van der Waals surface area contributed by atoms with Gasteiger partial charge in [-0.2, -0.15) is 0 Å². The molecule has 1 aromatic rings. The van der Waals surface area contributed by atoms with Crippen molar-refractivity contribution < 1.29 is 9.47 Å². The third-order valence-corrected chi connectivity index (χ3v) is 2.92. The van der Waals surface area contributed by atoms with E-state index < -0.39 is 0 Å². The van der Waals surface area contributed by atoms with Gasteiger partial charge in [-0.25, -0.2) is 0 Å². The van der Waals surface area contributed by atoms with E-state index in [9.17, 15) is 0 Å². The first kappa shape index (κ1) is 15.4. The smallest absolute Gasteiger partial charge is 0.161 e. The van der Waals surface area contributed by atoms with Gasteiger partial charge in [0.25, 0.3) is 0 Å². The lowest BCUT2D eigenvalue weighted by Gasteiger charge is -2.16. The molecular weight excluding hydrogens is 238 g/mol. The molecule has 19 heavy (non-hydrogen) atoms. The zero-order chi connectivity index (χ0) is 14.1. The first-order chi connectivity index (χ1) is 9.22. The van der Waals surface area contributed by atoms with Gasteiger partial charge in [-0.05, 0) is 37.6 Å². The van der Waals surface area contributed by atoms with Gasteiger partial charge in [-0.1, -0.05) is 13.0 Å². The summed E-state index contributed by atoms with van der Waals surface area (Å²) in [5, 5.41) is 3.37. The van der Waals surface area contributed by atoms with Gasteiger partial charge in [-0.15, -0.1) is 12.3 Å². The van der Waals surface area contributed by atoms with Gasteiger partial charge in [-0.3, -0.25) is 0 Å². The second-order valence-corrected chi connectivity index (χ2v) is 4.35. The second kappa shape index (κ2) is 8.44. The van der Waals surface area contributed by atoms with Gasteiger partial charge in [0, 0.05) is 12.5 Å². The van der Waals surface area contributed by atoms with E-state index in [2.05, 4.69) is 31.2 Å². The lowest BCUT2D eigenvalue weighted by atomic mass is 10.1. The maximum atomic E-state index is 5.68. The minimum Gasteiger partial charge on any atom is -0.493 e. The number of ether oxygens (including phenoxy) is 2. The van der Waals surface area contributed by atoms with Gasteiger partial charge in [0.1, 0.15) is 0 Å². The monoisotopic (exact) mass is 261 g/mol. The molecule has 0 fully saturated rings. The molecule has 1 unspecified atom stereocenters. The number of unbranched alkanes of at least 4 members (excludes halogenated alkanes) is 1. The highest BCUT2D eigenvalue weighted by Gasteiger charge is 2.09. The van der Waals surface area contributed by atoms with Gasteiger partial charge >= 0.3 is 0 Å². The first-order valence-electron chi connectivity index (χ1n) is 6.70. The number of benzene rings is 1. The fraction of sp³-hybridized carbons (Fsp3) is 0.500. The van der Waals surface area contributed by atoms with Crippen LogP contribution in [0.3, 0.4) is 0 Å². The van der Waals surface area contributed by atoms with Crippen LogP contribution in [0.15, 0.2) is 18.2 Å². The Morgan fingerprint density at radius 2 is 2.16 bits per heavy atom. The molecule has 0 spiro atoms. The number of methoxy groups -OCH3 is 1. The Morgan fingerprint density at radius 1 is 1.37 bits per heavy atom. The van der Waals surface area contributed by atoms with Crippen molar-refractivity contribution in [3.05, 3.63) is 23.8 Å². The van der Waals surface area contributed by atoms with E-state index in [-0.39, 0.29) is 0 Å². The van der Waals surface area contributed by atoms with Crippen LogP contribution >= 0.6 is 0 Å². The highest BCUT2D eigenvalue weighted by molar-refractivity contribution is 5.43. The van der Waals surface area contributed by atoms with E-state index in [1.165, 1.54) is 5.56 Å². The highest BCUT2D eigenvalue weighted by Crippen LogP contribution is 2.30. The van der Waals surface area contributed by atoms with Crippen LogP contribution in [-0.2, 0) is 0 Å². The molecule has 0 saturated carbocycles. The molecule has 3 nitrogen and oxygen atoms in total. The van der Waals surface area contributed by atoms with Crippen LogP contribution in [-0.4, -0.2) is 20.3 Å². The SMILES string of the molecule is C#CCCCOc1ccc(C(C)NCC)cc1OC. The molecule has 1 N–H and O–H groups in total. The molecule has 1 aromatic carbocycles. The Balaban J connectivity index is 2.70. The molecule has 0 heterocycles. The van der Waals surface area contributed by atoms with Crippen molar-refractivity contribution >= 4 is 0 Å². The fourth-order valence-electron chi connectivity index (χ4n) is 1.85. The van der Waals surface area contributed by atoms with Crippen LogP contribution in [0.1, 0.15) is 38.3 Å². The second-order valence-electron chi connectivity index (χ2n) is 4.35. The van der Waals surface area contributed by atoms with Crippen LogP contribution in [0.25, 0.3) is 0 Å². The maximum absolute atomic E-state index is 5.68. The Labute approximate surface area is 116 Å². The molecule has 1 atom stereocenters. The summed E-state index contributed by atoms with van der Waals surface area (Å²) >= 11 is 0. The van der Waals surface area contributed by atoms with Crippen molar-refractivity contribution in [2.45, 2.75) is 32.7 Å². The minimum absolute atomic E-state index is 0.300. The van der Waals surface area contributed by atoms with Crippen LogP contribution in [0.2, 0.25) is 0 Å². The molecule has 3 heteroatoms. The molecule has 0 bridgehead atoms. The van der Waals surface area contributed by atoms with E-state index in [1.54, 1.807) is 7.11 Å². The summed E-state index contributed by atoms with van der Waals surface area (Å²) in [5.74, 6) is 4.14. The standard InChI is InChI=1S/C16H23NO2/c1-5-7-8-11-19-15-10-9-14(12-16(15)18-4)13(3)17-6-2/h1,9-10,12-13,17H,6-8,11H2,2-4H3. The summed E-state index contributed by atoms with van der Waals surface area (Å²) in [5.41, 5.74) is 1.19. The number of hydrogen-bond donors (Lipinski definition) is 1. The molecule has 0 aliphatic rings. The van der Waals surface area contributed by atoms with E-state index >= 15 is 0 Å². The lowest BCUT2D eigenvalue weighted by Crippen LogP contribution is -2.17. The van der Waals surface area contributed by atoms with Crippen LogP contribution in [0.5, 0.6) is 11.5 Å². The predicted molar refractivity (Wildman–Crippen MR) is 78.6 cm³/mol. The van der Waals surface area contributed by atoms with Crippen molar-refractivity contribution in [3.63, 3.8) is 0 Å². The maximum Gasteiger partial charge on any atom is 0.161 e. The Morgan fingerprint density at radius 3 is 2.79 bits per heavy atom. The molecule has 0 saturated heterocycles. The third kappa shape index (κ3) is 4.84. The van der Waals surface area contributed by atoms with E-state index in [0.29, 0.717) is 12.6 Å². The van der Waals surface area contributed by atoms with E-state index in [0.717, 1.165) is 30.9 Å². The predicted octanol–water partition coefficient (Wildman–Crippen LogP) is 3.16. The fourth-order valence-corrected chi connectivity index (χ4v) is 1.85. The Kier molecular flexibility index (Phi) is 6.84. The largest absolute Gasteiger partial charge is 0.493 e. The lowest BCUT2D eigenvalue weighted by molar-refractivity contribution is 0.290. The molecule has 0 aliphatic heterocycles. The minimum atomic E-state index is 0.300. The van der Waals surface area contributed by atoms with Crippen molar-refractivity contribution in [3.8, 4) is 23.8 Å². The average molecular weight is 261 g/mol. The van der Waals surface area contributed by atoms with Crippen molar-refractivity contribution in [2.75, 3.05) is 20.3 Å². The van der Waals surface area contributed by atoms with E-state index in [4.69, 9.17) is 15.9 Å². The molecular formula is C16H23NO2. The molecule has 104 valence electrons. The van der Waals surface area contributed by atoms with Crippen molar-refractivity contribution in [1.82, 2.24) is 5.32 Å². The van der Waals surface area contributed by atoms with Crippen molar-refractivity contribution in [2.24, 2.45) is 0 Å². The summed E-state index contributed by atoms with van der Waals surface area (Å²) in [6.07, 6.45) is 6.80. The third-order valence-electron chi connectivity index (χ3n) is 2.92. The molecule has 0 aliphatic carbocycles. The van der Waals surface area contributed by atoms with Gasteiger partial charge in [0.05, 0.1) is 13.7 Å². The van der Waals surface area contributed by atoms with Gasteiger partial charge in [0.2, 0.25) is 0 Å². The van der Waals surface area contributed by atoms with Crippen LogP contribution < -0.4 is 14.8 Å². The van der Waals surface area contributed by atoms with Gasteiger partial charge in [0.15, 0.2) is 11.5 Å². The summed E-state index contributed by atoms with van der Waals surface area (Å²) in [7, 11) is 1.66. The van der Waals surface area contributed by atoms with Crippen molar-refractivity contribution in [1.29, 1.82) is 0 Å². The van der Waals surface area contributed by atoms with Crippen LogP contribution in [0, 0.1) is 12.3 Å². The van der Waals surface area contributed by atoms with Crippen LogP contribution in [0.4, 0.5) is 0 Å². The summed E-state index contributed by atoms with van der Waals surface area (Å²) in [6.45, 7) is 5.78. The zero-order valence-electron chi connectivity index (χ0n) is 12.0. The quantitative estimate of drug-likeness (QED) is 0.576. The Bertz CT molecular complexity index is 423. The normalized spacial score (nSPS) is 11.7. The van der Waals surface area contributed by atoms with Gasteiger partial charge < -0.3 is 14.8 Å². The number of terminal acetylenes is 1. The summed E-state index contributed by atoms with van der Waals surface area (Å²) in [4.78, 5) is 0. The average Bonchev–Trinajstić information content (AvgIpc) is 2.44. The highest BCUT2D eigenvalue weighted by atomic mass is 16.5. The molecule has 0 amide bonds. The topological polar surface area (TPSA) is 30.5 Å². The zero-order valence-corrected chi connectivity index (χ0v) is 12.0. The molecule has 0 radical (unpaired) electrons. The number of rotatable bonds is 8. The first-order valence-corrected chi connectivity index (χ1v) is 6.70.